The number of anilines is 1. The summed E-state index contributed by atoms with van der Waals surface area (Å²) < 4.78 is 1.00. The molecule has 0 fully saturated rings. The normalized spacial score (nSPS) is 18.2. The Hall–Kier alpha value is -1.66. The second-order valence-corrected chi connectivity index (χ2v) is 6.78. The van der Waals surface area contributed by atoms with Crippen LogP contribution in [0.5, 0.6) is 0 Å². The first-order valence-electron chi connectivity index (χ1n) is 6.50. The van der Waals surface area contributed by atoms with Crippen LogP contribution in [-0.2, 0) is 11.3 Å². The van der Waals surface area contributed by atoms with Gasteiger partial charge in [-0.2, -0.15) is 0 Å². The lowest BCUT2D eigenvalue weighted by Crippen LogP contribution is -2.43. The summed E-state index contributed by atoms with van der Waals surface area (Å²) in [4.78, 5) is 27.5. The van der Waals surface area contributed by atoms with Crippen molar-refractivity contribution < 1.29 is 9.59 Å². The minimum atomic E-state index is -0.534. The van der Waals surface area contributed by atoms with Gasteiger partial charge in [0.15, 0.2) is 0 Å². The molecule has 0 saturated heterocycles. The summed E-state index contributed by atoms with van der Waals surface area (Å²) in [5.41, 5.74) is 1.19. The molecule has 1 atom stereocenters. The van der Waals surface area contributed by atoms with Crippen molar-refractivity contribution in [2.24, 2.45) is 0 Å². The number of carbonyl (C=O) groups is 2. The van der Waals surface area contributed by atoms with Crippen molar-refractivity contribution in [2.45, 2.75) is 19.5 Å². The topological polar surface area (TPSA) is 49.4 Å². The molecule has 3 rings (SSSR count). The Balaban J connectivity index is 2.04. The lowest BCUT2D eigenvalue weighted by Gasteiger charge is -2.23. The zero-order valence-corrected chi connectivity index (χ0v) is 13.7. The van der Waals surface area contributed by atoms with Crippen LogP contribution in [0.1, 0.15) is 22.2 Å². The monoisotopic (exact) mass is 364 g/mol. The Bertz CT molecular complexity index is 713. The molecule has 0 spiro atoms. The van der Waals surface area contributed by atoms with Crippen LogP contribution in [0.4, 0.5) is 5.69 Å². The number of benzene rings is 1. The van der Waals surface area contributed by atoms with Gasteiger partial charge < -0.3 is 10.2 Å². The van der Waals surface area contributed by atoms with E-state index in [0.717, 1.165) is 9.35 Å². The summed E-state index contributed by atoms with van der Waals surface area (Å²) >= 11 is 5.00. The number of para-hydroxylation sites is 1. The van der Waals surface area contributed by atoms with Crippen LogP contribution in [0.2, 0.25) is 0 Å². The molecule has 2 aromatic rings. The average molecular weight is 365 g/mol. The summed E-state index contributed by atoms with van der Waals surface area (Å²) in [6.45, 7) is 2.18. The van der Waals surface area contributed by atoms with Gasteiger partial charge in [0, 0.05) is 14.7 Å². The van der Waals surface area contributed by atoms with Gasteiger partial charge in [0.1, 0.15) is 6.04 Å². The van der Waals surface area contributed by atoms with Gasteiger partial charge in [-0.3, -0.25) is 9.59 Å². The van der Waals surface area contributed by atoms with Crippen molar-refractivity contribution in [1.29, 1.82) is 0 Å². The Morgan fingerprint density at radius 1 is 1.33 bits per heavy atom. The van der Waals surface area contributed by atoms with Crippen molar-refractivity contribution in [2.75, 3.05) is 4.90 Å². The summed E-state index contributed by atoms with van der Waals surface area (Å²) in [5, 5.41) is 4.72. The summed E-state index contributed by atoms with van der Waals surface area (Å²) in [7, 11) is 0. The van der Waals surface area contributed by atoms with E-state index in [9.17, 15) is 9.59 Å². The number of hydrogen-bond donors (Lipinski definition) is 1. The van der Waals surface area contributed by atoms with Crippen molar-refractivity contribution in [3.05, 3.63) is 50.6 Å². The first kappa shape index (κ1) is 14.3. The average Bonchev–Trinajstić information content (AvgIpc) is 2.85. The molecule has 2 amide bonds. The fraction of sp³-hybridized carbons (Fsp3) is 0.200. The summed E-state index contributed by atoms with van der Waals surface area (Å²) in [6, 6.07) is 8.66. The third-order valence-electron chi connectivity index (χ3n) is 3.36. The Morgan fingerprint density at radius 2 is 2.10 bits per heavy atom. The maximum atomic E-state index is 12.6. The Kier molecular flexibility index (Phi) is 3.82. The molecule has 2 heterocycles. The maximum Gasteiger partial charge on any atom is 0.254 e. The van der Waals surface area contributed by atoms with Gasteiger partial charge in [-0.25, -0.2) is 0 Å². The first-order valence-corrected chi connectivity index (χ1v) is 8.17. The van der Waals surface area contributed by atoms with E-state index < -0.39 is 6.04 Å². The molecule has 0 saturated carbocycles. The van der Waals surface area contributed by atoms with E-state index in [1.807, 2.05) is 23.6 Å². The smallest absolute Gasteiger partial charge is 0.254 e. The third kappa shape index (κ3) is 2.73. The lowest BCUT2D eigenvalue weighted by molar-refractivity contribution is -0.120. The van der Waals surface area contributed by atoms with Crippen LogP contribution in [0, 0.1) is 0 Å². The maximum absolute atomic E-state index is 12.6. The molecule has 1 unspecified atom stereocenters. The molecular formula is C15H13BrN2O2S. The number of halogens is 1. The predicted octanol–water partition coefficient (Wildman–Crippen LogP) is 3.18. The molecule has 1 aromatic heterocycles. The molecule has 0 radical (unpaired) electrons. The highest BCUT2D eigenvalue weighted by Crippen LogP contribution is 2.28. The number of fused-ring (bicyclic) bond motifs is 1. The van der Waals surface area contributed by atoms with Crippen LogP contribution in [-0.4, -0.2) is 17.9 Å². The summed E-state index contributed by atoms with van der Waals surface area (Å²) in [6.07, 6.45) is 0. The molecule has 1 aliphatic heterocycles. The highest BCUT2D eigenvalue weighted by Gasteiger charge is 2.31. The van der Waals surface area contributed by atoms with Crippen molar-refractivity contribution >= 4 is 44.8 Å². The fourth-order valence-electron chi connectivity index (χ4n) is 2.35. The van der Waals surface area contributed by atoms with E-state index >= 15 is 0 Å². The Morgan fingerprint density at radius 3 is 2.81 bits per heavy atom. The number of amides is 2. The van der Waals surface area contributed by atoms with Crippen molar-refractivity contribution in [1.82, 2.24) is 5.32 Å². The van der Waals surface area contributed by atoms with Crippen molar-refractivity contribution in [3.63, 3.8) is 0 Å². The van der Waals surface area contributed by atoms with Gasteiger partial charge in [-0.05, 0) is 41.1 Å². The molecule has 1 N–H and O–H groups in total. The minimum Gasteiger partial charge on any atom is -0.340 e. The van der Waals surface area contributed by atoms with Crippen LogP contribution >= 0.6 is 27.3 Å². The van der Waals surface area contributed by atoms with Crippen LogP contribution in [0.15, 0.2) is 40.2 Å². The molecule has 4 nitrogen and oxygen atoms in total. The quantitative estimate of drug-likeness (QED) is 0.889. The van der Waals surface area contributed by atoms with E-state index in [1.165, 1.54) is 0 Å². The second kappa shape index (κ2) is 5.61. The zero-order chi connectivity index (χ0) is 15.0. The zero-order valence-electron chi connectivity index (χ0n) is 11.3. The molecule has 0 bridgehead atoms. The summed E-state index contributed by atoms with van der Waals surface area (Å²) in [5.74, 6) is -0.306. The Labute approximate surface area is 134 Å². The largest absolute Gasteiger partial charge is 0.340 e. The van der Waals surface area contributed by atoms with Crippen LogP contribution in [0.3, 0.4) is 0 Å². The lowest BCUT2D eigenvalue weighted by atomic mass is 10.1. The van der Waals surface area contributed by atoms with Crippen molar-refractivity contribution in [3.8, 4) is 0 Å². The molecular weight excluding hydrogens is 352 g/mol. The molecule has 108 valence electrons. The van der Waals surface area contributed by atoms with Gasteiger partial charge in [0.05, 0.1) is 17.8 Å². The van der Waals surface area contributed by atoms with E-state index in [2.05, 4.69) is 21.2 Å². The molecule has 0 aliphatic carbocycles. The van der Waals surface area contributed by atoms with Gasteiger partial charge in [-0.1, -0.05) is 12.1 Å². The number of nitrogens with zero attached hydrogens (tertiary/aromatic N) is 1. The SMILES string of the molecule is CC1NC(=O)c2ccccc2N(Cc2cc(Br)cs2)C1=O. The first-order chi connectivity index (χ1) is 10.1. The van der Waals surface area contributed by atoms with Crippen LogP contribution in [0.25, 0.3) is 0 Å². The minimum absolute atomic E-state index is 0.0992. The van der Waals surface area contributed by atoms with Gasteiger partial charge in [0.2, 0.25) is 5.91 Å². The molecule has 1 aromatic carbocycles. The second-order valence-electron chi connectivity index (χ2n) is 4.87. The number of carbonyl (C=O) groups excluding carboxylic acids is 2. The number of thiophene rings is 1. The number of rotatable bonds is 2. The van der Waals surface area contributed by atoms with Gasteiger partial charge >= 0.3 is 0 Å². The van der Waals surface area contributed by atoms with E-state index in [0.29, 0.717) is 17.8 Å². The van der Waals surface area contributed by atoms with Gasteiger partial charge in [0.25, 0.3) is 5.91 Å². The fourth-order valence-corrected chi connectivity index (χ4v) is 3.78. The van der Waals surface area contributed by atoms with Gasteiger partial charge in [-0.15, -0.1) is 11.3 Å². The molecule has 6 heteroatoms. The predicted molar refractivity (Wildman–Crippen MR) is 86.6 cm³/mol. The number of hydrogen-bond acceptors (Lipinski definition) is 3. The van der Waals surface area contributed by atoms with Crippen LogP contribution < -0.4 is 10.2 Å². The van der Waals surface area contributed by atoms with E-state index in [1.54, 1.807) is 35.3 Å². The number of nitrogens with one attached hydrogen (secondary N) is 1. The molecule has 21 heavy (non-hydrogen) atoms. The standard InChI is InChI=1S/C15H13BrN2O2S/c1-9-15(20)18(7-11-6-10(16)8-21-11)13-5-3-2-4-12(13)14(19)17-9/h2-6,8-9H,7H2,1H3,(H,17,19). The highest BCUT2D eigenvalue weighted by atomic mass is 79.9. The molecule has 1 aliphatic rings. The van der Waals surface area contributed by atoms with E-state index in [-0.39, 0.29) is 11.8 Å². The highest BCUT2D eigenvalue weighted by molar-refractivity contribution is 9.10. The third-order valence-corrected chi connectivity index (χ3v) is 5.04. The van der Waals surface area contributed by atoms with E-state index in [4.69, 9.17) is 0 Å².